The van der Waals surface area contributed by atoms with Gasteiger partial charge in [-0.05, 0) is 19.4 Å². The molecule has 3 rings (SSSR count). The lowest BCUT2D eigenvalue weighted by atomic mass is 9.95. The van der Waals surface area contributed by atoms with Gasteiger partial charge < -0.3 is 10.1 Å². The Morgan fingerprint density at radius 2 is 2.21 bits per heavy atom. The van der Waals surface area contributed by atoms with Crippen LogP contribution in [0.3, 0.4) is 0 Å². The predicted molar refractivity (Wildman–Crippen MR) is 86.8 cm³/mol. The van der Waals surface area contributed by atoms with Crippen molar-refractivity contribution in [1.82, 2.24) is 14.8 Å². The fourth-order valence-corrected chi connectivity index (χ4v) is 2.73. The van der Waals surface area contributed by atoms with E-state index in [0.717, 1.165) is 12.8 Å². The Bertz CT molecular complexity index is 784. The number of carbonyl (C=O) groups is 1. The van der Waals surface area contributed by atoms with E-state index in [4.69, 9.17) is 4.74 Å². The number of aromatic nitrogens is 3. The minimum Gasteiger partial charge on any atom is -0.462 e. The van der Waals surface area contributed by atoms with Crippen LogP contribution in [0.15, 0.2) is 41.9 Å². The zero-order valence-corrected chi connectivity index (χ0v) is 13.6. The maximum atomic E-state index is 14.4. The highest BCUT2D eigenvalue weighted by Crippen LogP contribution is 2.36. The first-order chi connectivity index (χ1) is 11.6. The van der Waals surface area contributed by atoms with E-state index in [1.165, 1.54) is 17.1 Å². The molecule has 1 aliphatic rings. The minimum absolute atomic E-state index is 0.334. The normalized spacial score (nSPS) is 16.5. The van der Waals surface area contributed by atoms with Crippen LogP contribution in [0.2, 0.25) is 0 Å². The second kappa shape index (κ2) is 6.82. The number of benzene rings is 1. The largest absolute Gasteiger partial charge is 0.462 e. The monoisotopic (exact) mass is 330 g/mol. The molecule has 0 amide bonds. The van der Waals surface area contributed by atoms with Gasteiger partial charge in [-0.25, -0.2) is 13.9 Å². The first kappa shape index (κ1) is 16.2. The van der Waals surface area contributed by atoms with Gasteiger partial charge in [-0.15, -0.1) is 0 Å². The van der Waals surface area contributed by atoms with Crippen molar-refractivity contribution < 1.29 is 13.9 Å². The molecule has 24 heavy (non-hydrogen) atoms. The molecule has 0 bridgehead atoms. The summed E-state index contributed by atoms with van der Waals surface area (Å²) in [6, 6.07) is 5.64. The quantitative estimate of drug-likeness (QED) is 0.674. The lowest BCUT2D eigenvalue weighted by Crippen LogP contribution is -2.30. The molecule has 6 nitrogen and oxygen atoms in total. The highest BCUT2D eigenvalue weighted by molar-refractivity contribution is 5.92. The molecule has 0 aliphatic carbocycles. The third-order valence-electron chi connectivity index (χ3n) is 3.95. The lowest BCUT2D eigenvalue weighted by Gasteiger charge is -2.28. The number of unbranched alkanes of at least 4 members (excludes halogenated alkanes) is 1. The maximum absolute atomic E-state index is 14.4. The van der Waals surface area contributed by atoms with Gasteiger partial charge in [-0.3, -0.25) is 0 Å². The van der Waals surface area contributed by atoms with Crippen LogP contribution in [-0.4, -0.2) is 27.3 Å². The number of allylic oxidation sites excluding steroid dienone is 1. The van der Waals surface area contributed by atoms with Crippen LogP contribution >= 0.6 is 0 Å². The van der Waals surface area contributed by atoms with Gasteiger partial charge in [-0.2, -0.15) is 10.1 Å². The molecule has 1 unspecified atom stereocenters. The highest BCUT2D eigenvalue weighted by Gasteiger charge is 2.35. The van der Waals surface area contributed by atoms with Crippen LogP contribution in [0.4, 0.5) is 10.3 Å². The summed E-state index contributed by atoms with van der Waals surface area (Å²) in [7, 11) is 0. The number of nitrogens with zero attached hydrogens (tertiary/aromatic N) is 3. The number of anilines is 1. The molecule has 0 spiro atoms. The van der Waals surface area contributed by atoms with E-state index in [1.54, 1.807) is 25.1 Å². The van der Waals surface area contributed by atoms with Crippen LogP contribution in [0, 0.1) is 5.82 Å². The number of carbonyl (C=O) groups excluding carboxylic acids is 1. The second-order valence-corrected chi connectivity index (χ2v) is 5.61. The maximum Gasteiger partial charge on any atom is 0.338 e. The zero-order valence-electron chi connectivity index (χ0n) is 13.6. The van der Waals surface area contributed by atoms with Gasteiger partial charge in [0.15, 0.2) is 0 Å². The van der Waals surface area contributed by atoms with Gasteiger partial charge in [0.05, 0.1) is 12.2 Å². The molecule has 1 aliphatic heterocycles. The standard InChI is InChI=1S/C17H19FN4O2/c1-3-4-9-24-16(23)14-11(2)21-17-19-10-20-22(17)15(14)12-7-5-6-8-13(12)18/h5-8,10,15H,3-4,9H2,1-2H3,(H,19,20,21). The zero-order chi connectivity index (χ0) is 17.1. The molecule has 0 radical (unpaired) electrons. The Kier molecular flexibility index (Phi) is 4.59. The summed E-state index contributed by atoms with van der Waals surface area (Å²) < 4.78 is 21.2. The number of halogens is 1. The summed E-state index contributed by atoms with van der Waals surface area (Å²) >= 11 is 0. The number of ether oxygens (including phenoxy) is 1. The summed E-state index contributed by atoms with van der Waals surface area (Å²) in [5, 5.41) is 7.18. The lowest BCUT2D eigenvalue weighted by molar-refractivity contribution is -0.139. The van der Waals surface area contributed by atoms with Gasteiger partial charge in [0.25, 0.3) is 0 Å². The van der Waals surface area contributed by atoms with Crippen molar-refractivity contribution in [3.63, 3.8) is 0 Å². The van der Waals surface area contributed by atoms with E-state index in [1.807, 2.05) is 6.92 Å². The van der Waals surface area contributed by atoms with Crippen molar-refractivity contribution in [3.05, 3.63) is 53.2 Å². The summed E-state index contributed by atoms with van der Waals surface area (Å²) in [4.78, 5) is 16.7. The average Bonchev–Trinajstić information content (AvgIpc) is 3.02. The van der Waals surface area contributed by atoms with Crippen molar-refractivity contribution >= 4 is 11.9 Å². The molecule has 1 aromatic carbocycles. The first-order valence-electron chi connectivity index (χ1n) is 7.92. The number of hydrogen-bond donors (Lipinski definition) is 1. The number of esters is 1. The van der Waals surface area contributed by atoms with Crippen molar-refractivity contribution in [2.45, 2.75) is 32.7 Å². The molecule has 1 N–H and O–H groups in total. The predicted octanol–water partition coefficient (Wildman–Crippen LogP) is 3.05. The van der Waals surface area contributed by atoms with Crippen molar-refractivity contribution in [2.75, 3.05) is 11.9 Å². The van der Waals surface area contributed by atoms with Gasteiger partial charge in [0.1, 0.15) is 18.2 Å². The van der Waals surface area contributed by atoms with Gasteiger partial charge in [-0.1, -0.05) is 31.5 Å². The Morgan fingerprint density at radius 1 is 1.42 bits per heavy atom. The second-order valence-electron chi connectivity index (χ2n) is 5.61. The van der Waals surface area contributed by atoms with E-state index in [0.29, 0.717) is 29.4 Å². The van der Waals surface area contributed by atoms with E-state index in [9.17, 15) is 9.18 Å². The fraction of sp³-hybridized carbons (Fsp3) is 0.353. The van der Waals surface area contributed by atoms with E-state index >= 15 is 0 Å². The number of nitrogens with one attached hydrogen (secondary N) is 1. The van der Waals surface area contributed by atoms with Crippen LogP contribution in [0.1, 0.15) is 38.3 Å². The smallest absolute Gasteiger partial charge is 0.338 e. The van der Waals surface area contributed by atoms with E-state index in [-0.39, 0.29) is 0 Å². The molecule has 0 saturated carbocycles. The van der Waals surface area contributed by atoms with Crippen LogP contribution in [0.25, 0.3) is 0 Å². The Balaban J connectivity index is 2.04. The Labute approximate surface area is 139 Å². The topological polar surface area (TPSA) is 69.0 Å². The highest BCUT2D eigenvalue weighted by atomic mass is 19.1. The average molecular weight is 330 g/mol. The van der Waals surface area contributed by atoms with Crippen LogP contribution < -0.4 is 5.32 Å². The molecule has 1 aromatic heterocycles. The molecule has 7 heteroatoms. The number of hydrogen-bond acceptors (Lipinski definition) is 5. The third kappa shape index (κ3) is 2.89. The first-order valence-corrected chi connectivity index (χ1v) is 7.92. The van der Waals surface area contributed by atoms with E-state index < -0.39 is 17.8 Å². The number of rotatable bonds is 5. The third-order valence-corrected chi connectivity index (χ3v) is 3.95. The van der Waals surface area contributed by atoms with Crippen molar-refractivity contribution in [2.24, 2.45) is 0 Å². The molecular weight excluding hydrogens is 311 g/mol. The molecule has 126 valence electrons. The summed E-state index contributed by atoms with van der Waals surface area (Å²) in [5.74, 6) is -0.411. The molecule has 0 saturated heterocycles. The van der Waals surface area contributed by atoms with Crippen LogP contribution in [-0.2, 0) is 9.53 Å². The number of fused-ring (bicyclic) bond motifs is 1. The summed E-state index contributed by atoms with van der Waals surface area (Å²) in [6.07, 6.45) is 3.08. The Hall–Kier alpha value is -2.70. The van der Waals surface area contributed by atoms with E-state index in [2.05, 4.69) is 15.4 Å². The van der Waals surface area contributed by atoms with Gasteiger partial charge >= 0.3 is 5.97 Å². The van der Waals surface area contributed by atoms with Crippen LogP contribution in [0.5, 0.6) is 0 Å². The molecular formula is C17H19FN4O2. The van der Waals surface area contributed by atoms with Gasteiger partial charge in [0, 0.05) is 11.3 Å². The van der Waals surface area contributed by atoms with Gasteiger partial charge in [0.2, 0.25) is 5.95 Å². The minimum atomic E-state index is -0.709. The molecule has 1 atom stereocenters. The molecule has 0 fully saturated rings. The molecule has 2 aromatic rings. The van der Waals surface area contributed by atoms with Crippen molar-refractivity contribution in [3.8, 4) is 0 Å². The Morgan fingerprint density at radius 3 is 2.96 bits per heavy atom. The van der Waals surface area contributed by atoms with Crippen molar-refractivity contribution in [1.29, 1.82) is 0 Å². The SMILES string of the molecule is CCCCOC(=O)C1=C(C)Nc2ncnn2C1c1ccccc1F. The molecule has 2 heterocycles. The summed E-state index contributed by atoms with van der Waals surface area (Å²) in [5.41, 5.74) is 1.28. The fourth-order valence-electron chi connectivity index (χ4n) is 2.73. The summed E-state index contributed by atoms with van der Waals surface area (Å²) in [6.45, 7) is 4.10.